The zero-order valence-corrected chi connectivity index (χ0v) is 6.11. The number of carbonyl (C=O) groups is 2. The number of cyclic esters (lactones) is 1. The molecule has 0 radical (unpaired) electrons. The van der Waals surface area contributed by atoms with E-state index in [1.807, 2.05) is 0 Å². The standard InChI is InChI=1S/C6H9NO4/c1-7-4(5(8)9)2-3-11-6(7)10/h4H,2-3H2,1H3,(H,8,9). The van der Waals surface area contributed by atoms with Gasteiger partial charge in [0.1, 0.15) is 6.04 Å². The average Bonchev–Trinajstić information content (AvgIpc) is 1.94. The van der Waals surface area contributed by atoms with Crippen LogP contribution in [0.25, 0.3) is 0 Å². The second kappa shape index (κ2) is 2.77. The summed E-state index contributed by atoms with van der Waals surface area (Å²) in [6.45, 7) is 0.195. The molecule has 0 aromatic heterocycles. The van der Waals surface area contributed by atoms with Crippen LogP contribution in [0.2, 0.25) is 0 Å². The fraction of sp³-hybridized carbons (Fsp3) is 0.667. The smallest absolute Gasteiger partial charge is 0.410 e. The van der Waals surface area contributed by atoms with Gasteiger partial charge in [-0.1, -0.05) is 0 Å². The predicted octanol–water partition coefficient (Wildman–Crippen LogP) is -0.0883. The van der Waals surface area contributed by atoms with Crippen molar-refractivity contribution in [1.82, 2.24) is 4.90 Å². The lowest BCUT2D eigenvalue weighted by Crippen LogP contribution is -2.47. The highest BCUT2D eigenvalue weighted by atomic mass is 16.6. The van der Waals surface area contributed by atoms with E-state index in [1.165, 1.54) is 7.05 Å². The molecule has 1 heterocycles. The summed E-state index contributed by atoms with van der Waals surface area (Å²) in [6, 6.07) is -0.726. The highest BCUT2D eigenvalue weighted by Crippen LogP contribution is 2.10. The van der Waals surface area contributed by atoms with Gasteiger partial charge in [0.25, 0.3) is 0 Å². The number of carbonyl (C=O) groups excluding carboxylic acids is 1. The van der Waals surface area contributed by atoms with E-state index in [9.17, 15) is 9.59 Å². The van der Waals surface area contributed by atoms with Gasteiger partial charge in [0.15, 0.2) is 0 Å². The molecule has 1 aliphatic heterocycles. The molecule has 1 rings (SSSR count). The molecule has 1 N–H and O–H groups in total. The van der Waals surface area contributed by atoms with E-state index in [-0.39, 0.29) is 6.61 Å². The molecule has 1 saturated heterocycles. The van der Waals surface area contributed by atoms with Crippen molar-refractivity contribution in [3.8, 4) is 0 Å². The molecule has 1 amide bonds. The Morgan fingerprint density at radius 3 is 2.91 bits per heavy atom. The van der Waals surface area contributed by atoms with Crippen LogP contribution in [-0.4, -0.2) is 41.8 Å². The third-order valence-corrected chi connectivity index (χ3v) is 1.66. The van der Waals surface area contributed by atoms with Gasteiger partial charge in [-0.05, 0) is 0 Å². The average molecular weight is 159 g/mol. The van der Waals surface area contributed by atoms with Gasteiger partial charge in [-0.25, -0.2) is 9.59 Å². The third kappa shape index (κ3) is 1.42. The number of aliphatic carboxylic acids is 1. The topological polar surface area (TPSA) is 66.8 Å². The maximum Gasteiger partial charge on any atom is 0.410 e. The maximum absolute atomic E-state index is 10.7. The van der Waals surface area contributed by atoms with Crippen molar-refractivity contribution in [3.63, 3.8) is 0 Å². The molecule has 0 aromatic carbocycles. The summed E-state index contributed by atoms with van der Waals surface area (Å²) in [5, 5.41) is 8.58. The van der Waals surface area contributed by atoms with Gasteiger partial charge in [0, 0.05) is 13.5 Å². The van der Waals surface area contributed by atoms with E-state index in [1.54, 1.807) is 0 Å². The van der Waals surface area contributed by atoms with Crippen molar-refractivity contribution in [2.24, 2.45) is 0 Å². The number of rotatable bonds is 1. The molecule has 62 valence electrons. The van der Waals surface area contributed by atoms with E-state index in [0.29, 0.717) is 6.42 Å². The van der Waals surface area contributed by atoms with Crippen molar-refractivity contribution in [2.45, 2.75) is 12.5 Å². The number of amides is 1. The zero-order valence-electron chi connectivity index (χ0n) is 6.11. The van der Waals surface area contributed by atoms with Crippen LogP contribution in [0, 0.1) is 0 Å². The van der Waals surface area contributed by atoms with Crippen LogP contribution >= 0.6 is 0 Å². The van der Waals surface area contributed by atoms with Crippen LogP contribution in [-0.2, 0) is 9.53 Å². The fourth-order valence-corrected chi connectivity index (χ4v) is 0.970. The molecule has 5 heteroatoms. The molecular formula is C6H9NO4. The molecular weight excluding hydrogens is 150 g/mol. The number of nitrogens with zero attached hydrogens (tertiary/aromatic N) is 1. The van der Waals surface area contributed by atoms with E-state index < -0.39 is 18.1 Å². The Balaban J connectivity index is 2.65. The van der Waals surface area contributed by atoms with Crippen molar-refractivity contribution in [1.29, 1.82) is 0 Å². The van der Waals surface area contributed by atoms with Crippen molar-refractivity contribution in [3.05, 3.63) is 0 Å². The first-order valence-electron chi connectivity index (χ1n) is 3.25. The van der Waals surface area contributed by atoms with E-state index in [0.717, 1.165) is 4.90 Å². The monoisotopic (exact) mass is 159 g/mol. The Kier molecular flexibility index (Phi) is 1.98. The number of hydrogen-bond donors (Lipinski definition) is 1. The summed E-state index contributed by atoms with van der Waals surface area (Å²) in [5.41, 5.74) is 0. The highest BCUT2D eigenvalue weighted by molar-refractivity contribution is 5.80. The number of hydrogen-bond acceptors (Lipinski definition) is 3. The summed E-state index contributed by atoms with van der Waals surface area (Å²) in [5.74, 6) is -0.982. The molecule has 11 heavy (non-hydrogen) atoms. The van der Waals surface area contributed by atoms with Crippen molar-refractivity contribution < 1.29 is 19.4 Å². The first kappa shape index (κ1) is 7.84. The molecule has 0 spiro atoms. The van der Waals surface area contributed by atoms with E-state index in [2.05, 4.69) is 4.74 Å². The van der Waals surface area contributed by atoms with Crippen LogP contribution in [0.3, 0.4) is 0 Å². The summed E-state index contributed by atoms with van der Waals surface area (Å²) >= 11 is 0. The Morgan fingerprint density at radius 2 is 2.45 bits per heavy atom. The second-order valence-electron chi connectivity index (χ2n) is 2.37. The maximum atomic E-state index is 10.7. The lowest BCUT2D eigenvalue weighted by molar-refractivity contribution is -0.144. The predicted molar refractivity (Wildman–Crippen MR) is 35.2 cm³/mol. The zero-order chi connectivity index (χ0) is 8.43. The quantitative estimate of drug-likeness (QED) is 0.580. The van der Waals surface area contributed by atoms with Gasteiger partial charge in [-0.15, -0.1) is 0 Å². The summed E-state index contributed by atoms with van der Waals surface area (Å²) in [6.07, 6.45) is -0.207. The van der Waals surface area contributed by atoms with Gasteiger partial charge in [0.05, 0.1) is 6.61 Å². The van der Waals surface area contributed by atoms with Gasteiger partial charge in [-0.3, -0.25) is 4.90 Å². The minimum absolute atomic E-state index is 0.195. The molecule has 1 aliphatic rings. The van der Waals surface area contributed by atoms with Crippen LogP contribution in [0.4, 0.5) is 4.79 Å². The number of likely N-dealkylation sites (N-methyl/N-ethyl adjacent to an activating group) is 1. The molecule has 0 saturated carbocycles. The molecule has 1 fully saturated rings. The molecule has 0 bridgehead atoms. The lowest BCUT2D eigenvalue weighted by Gasteiger charge is -2.28. The number of ether oxygens (including phenoxy) is 1. The lowest BCUT2D eigenvalue weighted by atomic mass is 10.2. The van der Waals surface area contributed by atoms with Gasteiger partial charge in [0.2, 0.25) is 0 Å². The number of carboxylic acid groups (broad SMARTS) is 1. The minimum atomic E-state index is -0.982. The van der Waals surface area contributed by atoms with Crippen LogP contribution in [0.5, 0.6) is 0 Å². The molecule has 0 aliphatic carbocycles. The highest BCUT2D eigenvalue weighted by Gasteiger charge is 2.31. The Morgan fingerprint density at radius 1 is 1.82 bits per heavy atom. The van der Waals surface area contributed by atoms with Gasteiger partial charge < -0.3 is 9.84 Å². The van der Waals surface area contributed by atoms with E-state index in [4.69, 9.17) is 5.11 Å². The molecule has 1 unspecified atom stereocenters. The van der Waals surface area contributed by atoms with Crippen LogP contribution in [0.1, 0.15) is 6.42 Å². The Labute approximate surface area is 63.5 Å². The SMILES string of the molecule is CN1C(=O)OCCC1C(=O)O. The van der Waals surface area contributed by atoms with Crippen LogP contribution in [0.15, 0.2) is 0 Å². The summed E-state index contributed by atoms with van der Waals surface area (Å²) < 4.78 is 4.59. The second-order valence-corrected chi connectivity index (χ2v) is 2.37. The van der Waals surface area contributed by atoms with Crippen molar-refractivity contribution in [2.75, 3.05) is 13.7 Å². The van der Waals surface area contributed by atoms with Crippen molar-refractivity contribution >= 4 is 12.1 Å². The van der Waals surface area contributed by atoms with Gasteiger partial charge >= 0.3 is 12.1 Å². The fourth-order valence-electron chi connectivity index (χ4n) is 0.970. The number of carboxylic acids is 1. The largest absolute Gasteiger partial charge is 0.480 e. The molecule has 1 atom stereocenters. The first-order chi connectivity index (χ1) is 5.13. The normalized spacial score (nSPS) is 24.6. The minimum Gasteiger partial charge on any atom is -0.480 e. The molecule has 0 aromatic rings. The molecule has 5 nitrogen and oxygen atoms in total. The van der Waals surface area contributed by atoms with Crippen LogP contribution < -0.4 is 0 Å². The first-order valence-corrected chi connectivity index (χ1v) is 3.25. The summed E-state index contributed by atoms with van der Waals surface area (Å²) in [7, 11) is 1.42. The third-order valence-electron chi connectivity index (χ3n) is 1.66. The summed E-state index contributed by atoms with van der Waals surface area (Å²) in [4.78, 5) is 22.3. The van der Waals surface area contributed by atoms with Gasteiger partial charge in [-0.2, -0.15) is 0 Å². The Hall–Kier alpha value is -1.26. The Bertz CT molecular complexity index is 191. The van der Waals surface area contributed by atoms with E-state index >= 15 is 0 Å².